The molecule has 164 valence electrons. The molecule has 1 aliphatic rings. The number of amides is 3. The molecule has 0 spiro atoms. The van der Waals surface area contributed by atoms with Gasteiger partial charge < -0.3 is 20.1 Å². The first-order chi connectivity index (χ1) is 16.2. The Kier molecular flexibility index (Phi) is 5.55. The van der Waals surface area contributed by atoms with E-state index in [0.717, 1.165) is 5.69 Å². The SMILES string of the molecule is O=C(Nc1ccccc1)Nc1cccc(-c2noc([C@H]3CC(=O)N(c4ccccc4)C3)n2)c1. The highest BCUT2D eigenvalue weighted by molar-refractivity contribution is 6.00. The van der Waals surface area contributed by atoms with Crippen molar-refractivity contribution in [2.45, 2.75) is 12.3 Å². The van der Waals surface area contributed by atoms with Crippen molar-refractivity contribution in [2.24, 2.45) is 0 Å². The number of nitrogens with zero attached hydrogens (tertiary/aromatic N) is 3. The molecule has 0 unspecified atom stereocenters. The lowest BCUT2D eigenvalue weighted by molar-refractivity contribution is -0.117. The molecule has 0 aliphatic carbocycles. The van der Waals surface area contributed by atoms with Crippen LogP contribution in [0.3, 0.4) is 0 Å². The molecule has 5 rings (SSSR count). The zero-order valence-corrected chi connectivity index (χ0v) is 17.6. The van der Waals surface area contributed by atoms with Crippen molar-refractivity contribution in [3.63, 3.8) is 0 Å². The molecular formula is C25H21N5O3. The first-order valence-electron chi connectivity index (χ1n) is 10.6. The number of para-hydroxylation sites is 2. The summed E-state index contributed by atoms with van der Waals surface area (Å²) in [5, 5.41) is 9.68. The van der Waals surface area contributed by atoms with Gasteiger partial charge in [-0.1, -0.05) is 53.7 Å². The highest BCUT2D eigenvalue weighted by Gasteiger charge is 2.35. The van der Waals surface area contributed by atoms with E-state index in [0.29, 0.717) is 41.6 Å². The topological polar surface area (TPSA) is 100 Å². The molecule has 8 nitrogen and oxygen atoms in total. The molecule has 3 aromatic carbocycles. The molecule has 4 aromatic rings. The van der Waals surface area contributed by atoms with Crippen LogP contribution in [0.5, 0.6) is 0 Å². The second kappa shape index (κ2) is 8.96. The number of carbonyl (C=O) groups excluding carboxylic acids is 2. The number of anilines is 3. The Morgan fingerprint density at radius 1 is 0.909 bits per heavy atom. The molecular weight excluding hydrogens is 418 g/mol. The van der Waals surface area contributed by atoms with E-state index in [4.69, 9.17) is 4.52 Å². The van der Waals surface area contributed by atoms with Crippen LogP contribution in [-0.4, -0.2) is 28.6 Å². The first-order valence-corrected chi connectivity index (χ1v) is 10.6. The summed E-state index contributed by atoms with van der Waals surface area (Å²) in [6.07, 6.45) is 0.317. The van der Waals surface area contributed by atoms with Gasteiger partial charge in [-0.15, -0.1) is 0 Å². The molecule has 2 N–H and O–H groups in total. The molecule has 0 saturated carbocycles. The van der Waals surface area contributed by atoms with E-state index in [-0.39, 0.29) is 17.9 Å². The summed E-state index contributed by atoms with van der Waals surface area (Å²) in [6, 6.07) is 25.6. The number of aromatic nitrogens is 2. The fourth-order valence-corrected chi connectivity index (χ4v) is 3.80. The lowest BCUT2D eigenvalue weighted by Crippen LogP contribution is -2.24. The van der Waals surface area contributed by atoms with Gasteiger partial charge in [-0.2, -0.15) is 4.98 Å². The summed E-state index contributed by atoms with van der Waals surface area (Å²) in [4.78, 5) is 31.0. The number of hydrogen-bond acceptors (Lipinski definition) is 5. The van der Waals surface area contributed by atoms with Gasteiger partial charge in [0, 0.05) is 35.6 Å². The van der Waals surface area contributed by atoms with Gasteiger partial charge in [-0.05, 0) is 36.4 Å². The molecule has 1 atom stereocenters. The second-order valence-corrected chi connectivity index (χ2v) is 7.72. The maximum absolute atomic E-state index is 12.5. The molecule has 1 fully saturated rings. The smallest absolute Gasteiger partial charge is 0.323 e. The Bertz CT molecular complexity index is 1270. The van der Waals surface area contributed by atoms with Crippen LogP contribution in [0.15, 0.2) is 89.5 Å². The molecule has 1 aromatic heterocycles. The monoisotopic (exact) mass is 439 g/mol. The molecule has 2 heterocycles. The van der Waals surface area contributed by atoms with E-state index in [9.17, 15) is 9.59 Å². The lowest BCUT2D eigenvalue weighted by Gasteiger charge is -2.15. The largest absolute Gasteiger partial charge is 0.339 e. The molecule has 1 aliphatic heterocycles. The van der Waals surface area contributed by atoms with Crippen molar-refractivity contribution < 1.29 is 14.1 Å². The van der Waals surface area contributed by atoms with Gasteiger partial charge in [0.05, 0.1) is 5.92 Å². The molecule has 3 amide bonds. The van der Waals surface area contributed by atoms with Crippen molar-refractivity contribution in [3.05, 3.63) is 90.8 Å². The summed E-state index contributed by atoms with van der Waals surface area (Å²) in [5.41, 5.74) is 2.85. The van der Waals surface area contributed by atoms with Crippen molar-refractivity contribution in [1.82, 2.24) is 10.1 Å². The van der Waals surface area contributed by atoms with E-state index in [1.807, 2.05) is 66.7 Å². The van der Waals surface area contributed by atoms with E-state index >= 15 is 0 Å². The van der Waals surface area contributed by atoms with Gasteiger partial charge in [0.2, 0.25) is 17.6 Å². The Hall–Kier alpha value is -4.46. The van der Waals surface area contributed by atoms with E-state index < -0.39 is 0 Å². The van der Waals surface area contributed by atoms with Crippen LogP contribution in [0.4, 0.5) is 21.9 Å². The van der Waals surface area contributed by atoms with Crippen LogP contribution >= 0.6 is 0 Å². The quantitative estimate of drug-likeness (QED) is 0.461. The summed E-state index contributed by atoms with van der Waals surface area (Å²) in [7, 11) is 0. The molecule has 8 heteroatoms. The summed E-state index contributed by atoms with van der Waals surface area (Å²) < 4.78 is 5.50. The number of carbonyl (C=O) groups is 2. The number of benzene rings is 3. The third kappa shape index (κ3) is 4.59. The minimum Gasteiger partial charge on any atom is -0.339 e. The van der Waals surface area contributed by atoms with Gasteiger partial charge in [0.15, 0.2) is 0 Å². The van der Waals surface area contributed by atoms with Crippen LogP contribution < -0.4 is 15.5 Å². The standard InChI is InChI=1S/C25H21N5O3/c31-22-15-18(16-30(22)21-12-5-2-6-13-21)24-28-23(29-33-24)17-8-7-11-20(14-17)27-25(32)26-19-9-3-1-4-10-19/h1-14,18H,15-16H2,(H2,26,27,32)/t18-/m0/s1. The van der Waals surface area contributed by atoms with Crippen molar-refractivity contribution in [3.8, 4) is 11.4 Å². The van der Waals surface area contributed by atoms with Crippen molar-refractivity contribution in [2.75, 3.05) is 22.1 Å². The minimum absolute atomic E-state index is 0.0292. The van der Waals surface area contributed by atoms with Gasteiger partial charge in [-0.3, -0.25) is 4.79 Å². The first kappa shape index (κ1) is 20.4. The highest BCUT2D eigenvalue weighted by Crippen LogP contribution is 2.32. The Morgan fingerprint density at radius 3 is 2.39 bits per heavy atom. The summed E-state index contributed by atoms with van der Waals surface area (Å²) >= 11 is 0. The number of nitrogens with one attached hydrogen (secondary N) is 2. The minimum atomic E-state index is -0.349. The third-order valence-corrected chi connectivity index (χ3v) is 5.39. The van der Waals surface area contributed by atoms with Crippen molar-refractivity contribution in [1.29, 1.82) is 0 Å². The summed E-state index contributed by atoms with van der Waals surface area (Å²) in [5.74, 6) is 0.693. The molecule has 0 bridgehead atoms. The number of urea groups is 1. The maximum atomic E-state index is 12.5. The van der Waals surface area contributed by atoms with Crippen LogP contribution in [0.1, 0.15) is 18.2 Å². The van der Waals surface area contributed by atoms with Crippen LogP contribution in [0.25, 0.3) is 11.4 Å². The zero-order valence-electron chi connectivity index (χ0n) is 17.6. The predicted octanol–water partition coefficient (Wildman–Crippen LogP) is 4.90. The van der Waals surface area contributed by atoms with E-state index in [1.54, 1.807) is 23.1 Å². The zero-order chi connectivity index (χ0) is 22.6. The molecule has 33 heavy (non-hydrogen) atoms. The highest BCUT2D eigenvalue weighted by atomic mass is 16.5. The fourth-order valence-electron chi connectivity index (χ4n) is 3.80. The third-order valence-electron chi connectivity index (χ3n) is 5.39. The summed E-state index contributed by atoms with van der Waals surface area (Å²) in [6.45, 7) is 0.492. The number of rotatable bonds is 5. The van der Waals surface area contributed by atoms with E-state index in [2.05, 4.69) is 20.8 Å². The lowest BCUT2D eigenvalue weighted by atomic mass is 10.1. The van der Waals surface area contributed by atoms with Crippen LogP contribution in [-0.2, 0) is 4.79 Å². The van der Waals surface area contributed by atoms with Gasteiger partial charge in [-0.25, -0.2) is 4.79 Å². The second-order valence-electron chi connectivity index (χ2n) is 7.72. The van der Waals surface area contributed by atoms with Gasteiger partial charge >= 0.3 is 6.03 Å². The normalized spacial score (nSPS) is 15.5. The number of hydrogen-bond donors (Lipinski definition) is 2. The Morgan fingerprint density at radius 2 is 1.61 bits per heavy atom. The molecule has 1 saturated heterocycles. The molecule has 0 radical (unpaired) electrons. The predicted molar refractivity (Wildman–Crippen MR) is 125 cm³/mol. The fraction of sp³-hybridized carbons (Fsp3) is 0.120. The van der Waals surface area contributed by atoms with Crippen LogP contribution in [0, 0.1) is 0 Å². The average Bonchev–Trinajstić information content (AvgIpc) is 3.47. The van der Waals surface area contributed by atoms with Crippen molar-refractivity contribution >= 4 is 29.0 Å². The Balaban J connectivity index is 1.27. The van der Waals surface area contributed by atoms with Crippen LogP contribution in [0.2, 0.25) is 0 Å². The van der Waals surface area contributed by atoms with E-state index in [1.165, 1.54) is 0 Å². The van der Waals surface area contributed by atoms with Gasteiger partial charge in [0.25, 0.3) is 0 Å². The van der Waals surface area contributed by atoms with Gasteiger partial charge in [0.1, 0.15) is 0 Å². The maximum Gasteiger partial charge on any atom is 0.323 e. The Labute approximate surface area is 190 Å². The average molecular weight is 439 g/mol.